The summed E-state index contributed by atoms with van der Waals surface area (Å²) in [5, 5.41) is 15.1. The summed E-state index contributed by atoms with van der Waals surface area (Å²) in [5.41, 5.74) is 2.94. The first-order chi connectivity index (χ1) is 13.9. The molecule has 0 radical (unpaired) electrons. The zero-order valence-electron chi connectivity index (χ0n) is 14.9. The lowest BCUT2D eigenvalue weighted by Crippen LogP contribution is -2.18. The van der Waals surface area contributed by atoms with Gasteiger partial charge >= 0.3 is 0 Å². The van der Waals surface area contributed by atoms with E-state index in [0.717, 1.165) is 4.47 Å². The summed E-state index contributed by atoms with van der Waals surface area (Å²) in [6.45, 7) is 0. The van der Waals surface area contributed by atoms with Gasteiger partial charge in [-0.15, -0.1) is 0 Å². The average Bonchev–Trinajstić information content (AvgIpc) is 3.16. The third-order valence-electron chi connectivity index (χ3n) is 3.81. The number of nitro benzene ring substituents is 1. The summed E-state index contributed by atoms with van der Waals surface area (Å²) >= 11 is 6.52. The van der Waals surface area contributed by atoms with E-state index >= 15 is 0 Å². The molecule has 1 aromatic heterocycles. The number of nitrogens with one attached hydrogen (secondary N) is 1. The summed E-state index contributed by atoms with van der Waals surface area (Å²) < 4.78 is 12.1. The standard InChI is InChI=1S/C19H13Br2N3O5/c1-28-17-6-3-11(20)8-15(17)19(25)23-22-10-13-4-7-18(29-13)14-5-2-12(21)9-16(14)24(26)27/h2-10H,1H3,(H,23,25)/b22-10-. The van der Waals surface area contributed by atoms with Crippen LogP contribution in [0.25, 0.3) is 11.3 Å². The van der Waals surface area contributed by atoms with E-state index in [1.165, 1.54) is 19.4 Å². The Balaban J connectivity index is 1.76. The Morgan fingerprint density at radius 2 is 1.90 bits per heavy atom. The van der Waals surface area contributed by atoms with Gasteiger partial charge in [-0.3, -0.25) is 14.9 Å². The van der Waals surface area contributed by atoms with E-state index in [4.69, 9.17) is 9.15 Å². The highest BCUT2D eigenvalue weighted by Gasteiger charge is 2.18. The topological polar surface area (TPSA) is 107 Å². The van der Waals surface area contributed by atoms with Crippen molar-refractivity contribution in [3.8, 4) is 17.1 Å². The highest BCUT2D eigenvalue weighted by molar-refractivity contribution is 9.10. The van der Waals surface area contributed by atoms with Crippen molar-refractivity contribution >= 4 is 49.7 Å². The van der Waals surface area contributed by atoms with Gasteiger partial charge in [0.25, 0.3) is 11.6 Å². The zero-order chi connectivity index (χ0) is 21.0. The third-order valence-corrected chi connectivity index (χ3v) is 4.80. The normalized spacial score (nSPS) is 10.9. The van der Waals surface area contributed by atoms with Gasteiger partial charge in [0.15, 0.2) is 0 Å². The number of methoxy groups -OCH3 is 1. The lowest BCUT2D eigenvalue weighted by Gasteiger charge is -2.07. The smallest absolute Gasteiger partial charge is 0.281 e. The van der Waals surface area contributed by atoms with E-state index in [1.807, 2.05) is 0 Å². The maximum absolute atomic E-state index is 12.3. The second kappa shape index (κ2) is 9.01. The van der Waals surface area contributed by atoms with Crippen LogP contribution in [0.4, 0.5) is 5.69 Å². The number of nitrogens with zero attached hydrogens (tertiary/aromatic N) is 2. The van der Waals surface area contributed by atoms with Gasteiger partial charge in [-0.05, 0) is 42.5 Å². The van der Waals surface area contributed by atoms with Crippen molar-refractivity contribution in [2.75, 3.05) is 7.11 Å². The molecule has 8 nitrogen and oxygen atoms in total. The van der Waals surface area contributed by atoms with Gasteiger partial charge in [0.2, 0.25) is 0 Å². The molecule has 0 aliphatic rings. The molecule has 0 fully saturated rings. The van der Waals surface area contributed by atoms with Crippen molar-refractivity contribution in [2.45, 2.75) is 0 Å². The molecule has 0 unspecified atom stereocenters. The molecule has 1 amide bonds. The van der Waals surface area contributed by atoms with Crippen LogP contribution in [0.1, 0.15) is 16.1 Å². The maximum Gasteiger partial charge on any atom is 0.281 e. The van der Waals surface area contributed by atoms with E-state index in [2.05, 4.69) is 42.4 Å². The molecule has 3 aromatic rings. The number of hydrogen-bond acceptors (Lipinski definition) is 6. The molecule has 29 heavy (non-hydrogen) atoms. The summed E-state index contributed by atoms with van der Waals surface area (Å²) in [6.07, 6.45) is 1.30. The van der Waals surface area contributed by atoms with Crippen LogP contribution in [-0.4, -0.2) is 24.2 Å². The van der Waals surface area contributed by atoms with E-state index in [1.54, 1.807) is 42.5 Å². The van der Waals surface area contributed by atoms with Gasteiger partial charge in [0, 0.05) is 15.0 Å². The Morgan fingerprint density at radius 3 is 2.62 bits per heavy atom. The molecule has 0 atom stereocenters. The van der Waals surface area contributed by atoms with E-state index < -0.39 is 10.8 Å². The molecule has 0 bridgehead atoms. The van der Waals surface area contributed by atoms with E-state index in [9.17, 15) is 14.9 Å². The number of hydrogen-bond donors (Lipinski definition) is 1. The fourth-order valence-corrected chi connectivity index (χ4v) is 3.21. The van der Waals surface area contributed by atoms with E-state index in [-0.39, 0.29) is 5.69 Å². The molecule has 0 aliphatic heterocycles. The third kappa shape index (κ3) is 4.90. The Hall–Kier alpha value is -2.98. The van der Waals surface area contributed by atoms with Crippen molar-refractivity contribution in [2.24, 2.45) is 5.10 Å². The van der Waals surface area contributed by atoms with Crippen LogP contribution >= 0.6 is 31.9 Å². The molecular formula is C19H13Br2N3O5. The molecular weight excluding hydrogens is 510 g/mol. The molecule has 0 aliphatic carbocycles. The minimum absolute atomic E-state index is 0.0905. The molecule has 1 heterocycles. The molecule has 10 heteroatoms. The van der Waals surface area contributed by atoms with Gasteiger partial charge in [0.05, 0.1) is 29.4 Å². The number of ether oxygens (including phenoxy) is 1. The van der Waals surface area contributed by atoms with Crippen molar-refractivity contribution < 1.29 is 18.9 Å². The maximum atomic E-state index is 12.3. The monoisotopic (exact) mass is 521 g/mol. The molecule has 0 spiro atoms. The number of furan rings is 1. The van der Waals surface area contributed by atoms with Crippen LogP contribution in [0.5, 0.6) is 5.75 Å². The van der Waals surface area contributed by atoms with Crippen molar-refractivity contribution in [1.82, 2.24) is 5.43 Å². The van der Waals surface area contributed by atoms with Crippen molar-refractivity contribution in [3.63, 3.8) is 0 Å². The molecule has 2 aromatic carbocycles. The predicted molar refractivity (Wildman–Crippen MR) is 114 cm³/mol. The molecule has 3 rings (SSSR count). The van der Waals surface area contributed by atoms with Crippen molar-refractivity contribution in [3.05, 3.63) is 78.9 Å². The number of rotatable bonds is 6. The molecule has 0 saturated heterocycles. The number of benzene rings is 2. The highest BCUT2D eigenvalue weighted by atomic mass is 79.9. The second-order valence-corrected chi connectivity index (χ2v) is 7.50. The average molecular weight is 523 g/mol. The minimum atomic E-state index is -0.484. The summed E-state index contributed by atoms with van der Waals surface area (Å²) in [4.78, 5) is 23.1. The molecule has 0 saturated carbocycles. The Bertz CT molecular complexity index is 1110. The zero-order valence-corrected chi connectivity index (χ0v) is 18.1. The van der Waals surface area contributed by atoms with Crippen LogP contribution in [0, 0.1) is 10.1 Å². The first-order valence-corrected chi connectivity index (χ1v) is 9.68. The molecule has 1 N–H and O–H groups in total. The number of halogens is 2. The van der Waals surface area contributed by atoms with Gasteiger partial charge in [0.1, 0.15) is 17.3 Å². The number of hydrazone groups is 1. The summed E-state index contributed by atoms with van der Waals surface area (Å²) in [6, 6.07) is 12.9. The van der Waals surface area contributed by atoms with Gasteiger partial charge in [-0.2, -0.15) is 5.10 Å². The highest BCUT2D eigenvalue weighted by Crippen LogP contribution is 2.33. The largest absolute Gasteiger partial charge is 0.496 e. The van der Waals surface area contributed by atoms with Crippen LogP contribution in [-0.2, 0) is 0 Å². The van der Waals surface area contributed by atoms with Gasteiger partial charge < -0.3 is 9.15 Å². The Morgan fingerprint density at radius 1 is 1.17 bits per heavy atom. The van der Waals surface area contributed by atoms with Crippen LogP contribution in [0.2, 0.25) is 0 Å². The lowest BCUT2D eigenvalue weighted by atomic mass is 10.1. The number of nitro groups is 1. The van der Waals surface area contributed by atoms with E-state index in [0.29, 0.717) is 32.9 Å². The van der Waals surface area contributed by atoms with Gasteiger partial charge in [-0.25, -0.2) is 5.43 Å². The fraction of sp³-hybridized carbons (Fsp3) is 0.0526. The SMILES string of the molecule is COc1ccc(Br)cc1C(=O)N/N=C\c1ccc(-c2ccc(Br)cc2[N+](=O)[O-])o1. The summed E-state index contributed by atoms with van der Waals surface area (Å²) in [5.74, 6) is 0.572. The fourth-order valence-electron chi connectivity index (χ4n) is 2.50. The molecule has 148 valence electrons. The van der Waals surface area contributed by atoms with Gasteiger partial charge in [-0.1, -0.05) is 31.9 Å². The second-order valence-electron chi connectivity index (χ2n) is 5.66. The first-order valence-electron chi connectivity index (χ1n) is 8.10. The predicted octanol–water partition coefficient (Wildman–Crippen LogP) is 5.15. The Kier molecular flexibility index (Phi) is 6.45. The Labute approximate surface area is 182 Å². The quantitative estimate of drug-likeness (QED) is 0.273. The lowest BCUT2D eigenvalue weighted by molar-refractivity contribution is -0.384. The van der Waals surface area contributed by atoms with Crippen LogP contribution in [0.15, 0.2) is 67.0 Å². The number of carbonyl (C=O) groups is 1. The minimum Gasteiger partial charge on any atom is -0.496 e. The first kappa shape index (κ1) is 20.7. The van der Waals surface area contributed by atoms with Crippen LogP contribution in [0.3, 0.4) is 0 Å². The number of amides is 1. The van der Waals surface area contributed by atoms with Crippen LogP contribution < -0.4 is 10.2 Å². The summed E-state index contributed by atoms with van der Waals surface area (Å²) in [7, 11) is 1.47. The van der Waals surface area contributed by atoms with Crippen molar-refractivity contribution in [1.29, 1.82) is 0 Å². The number of carbonyl (C=O) groups excluding carboxylic acids is 1.